The highest BCUT2D eigenvalue weighted by molar-refractivity contribution is 5.95. The van der Waals surface area contributed by atoms with Crippen LogP contribution in [0.3, 0.4) is 0 Å². The molecule has 1 aromatic carbocycles. The number of methoxy groups -OCH3 is 1. The van der Waals surface area contributed by atoms with Crippen molar-refractivity contribution in [3.8, 4) is 11.5 Å². The third kappa shape index (κ3) is 2.45. The standard InChI is InChI=1S/C18H23NO5/c1-22-18-5-4-13(20)11-16(18)19(7-6-18)17(21)12-2-3-14-15(10-12)24-9-8-23-14/h2-3,10,13,16,20H,4-9,11H2,1H3/t13?,16?,18-/m1/s1. The number of aliphatic hydroxyl groups excluding tert-OH is 1. The van der Waals surface area contributed by atoms with Crippen molar-refractivity contribution in [2.45, 2.75) is 43.4 Å². The molecule has 3 atom stereocenters. The molecule has 3 aliphatic rings. The number of benzene rings is 1. The molecule has 130 valence electrons. The van der Waals surface area contributed by atoms with Gasteiger partial charge in [-0.25, -0.2) is 0 Å². The fourth-order valence-corrected chi connectivity index (χ4v) is 4.26. The smallest absolute Gasteiger partial charge is 0.254 e. The normalized spacial score (nSPS) is 31.7. The van der Waals surface area contributed by atoms with E-state index in [4.69, 9.17) is 14.2 Å². The predicted molar refractivity (Wildman–Crippen MR) is 86.5 cm³/mol. The summed E-state index contributed by atoms with van der Waals surface area (Å²) in [7, 11) is 1.71. The van der Waals surface area contributed by atoms with Gasteiger partial charge < -0.3 is 24.2 Å². The van der Waals surface area contributed by atoms with E-state index in [0.29, 0.717) is 43.2 Å². The van der Waals surface area contributed by atoms with Crippen molar-refractivity contribution in [3.63, 3.8) is 0 Å². The molecule has 1 aromatic rings. The number of rotatable bonds is 2. The number of amides is 1. The summed E-state index contributed by atoms with van der Waals surface area (Å²) in [4.78, 5) is 14.9. The van der Waals surface area contributed by atoms with Crippen LogP contribution in [0.4, 0.5) is 0 Å². The lowest BCUT2D eigenvalue weighted by atomic mass is 9.79. The van der Waals surface area contributed by atoms with Crippen molar-refractivity contribution in [3.05, 3.63) is 23.8 Å². The molecule has 4 rings (SSSR count). The van der Waals surface area contributed by atoms with Gasteiger partial charge in [-0.05, 0) is 43.9 Å². The minimum absolute atomic E-state index is 0.0370. The van der Waals surface area contributed by atoms with Gasteiger partial charge in [0.15, 0.2) is 11.5 Å². The molecular formula is C18H23NO5. The third-order valence-corrected chi connectivity index (χ3v) is 5.61. The lowest BCUT2D eigenvalue weighted by Gasteiger charge is -2.42. The van der Waals surface area contributed by atoms with Gasteiger partial charge in [0.05, 0.1) is 17.7 Å². The highest BCUT2D eigenvalue weighted by Crippen LogP contribution is 2.43. The van der Waals surface area contributed by atoms with Crippen molar-refractivity contribution >= 4 is 5.91 Å². The molecule has 1 aliphatic carbocycles. The van der Waals surface area contributed by atoms with Crippen molar-refractivity contribution in [2.24, 2.45) is 0 Å². The molecule has 2 unspecified atom stereocenters. The summed E-state index contributed by atoms with van der Waals surface area (Å²) in [5, 5.41) is 10.1. The Balaban J connectivity index is 1.60. The fraction of sp³-hybridized carbons (Fsp3) is 0.611. The Bertz CT molecular complexity index is 648. The minimum Gasteiger partial charge on any atom is -0.486 e. The van der Waals surface area contributed by atoms with E-state index >= 15 is 0 Å². The highest BCUT2D eigenvalue weighted by Gasteiger charge is 2.52. The quantitative estimate of drug-likeness (QED) is 0.890. The zero-order chi connectivity index (χ0) is 16.7. The average molecular weight is 333 g/mol. The van der Waals surface area contributed by atoms with Gasteiger partial charge in [0.2, 0.25) is 0 Å². The SMILES string of the molecule is CO[C@@]12CCC(O)CC1N(C(=O)c1ccc3c(c1)OCCO3)CC2. The van der Waals surface area contributed by atoms with E-state index in [1.54, 1.807) is 25.3 Å². The zero-order valence-corrected chi connectivity index (χ0v) is 13.9. The Morgan fingerprint density at radius 2 is 2.08 bits per heavy atom. The van der Waals surface area contributed by atoms with E-state index in [0.717, 1.165) is 19.3 Å². The van der Waals surface area contributed by atoms with Crippen LogP contribution in [0.5, 0.6) is 11.5 Å². The summed E-state index contributed by atoms with van der Waals surface area (Å²) in [6.07, 6.45) is 2.55. The summed E-state index contributed by atoms with van der Waals surface area (Å²) >= 11 is 0. The van der Waals surface area contributed by atoms with E-state index in [9.17, 15) is 9.90 Å². The van der Waals surface area contributed by atoms with Gasteiger partial charge in [-0.1, -0.05) is 0 Å². The van der Waals surface area contributed by atoms with Crippen molar-refractivity contribution in [1.29, 1.82) is 0 Å². The minimum atomic E-state index is -0.369. The Kier molecular flexibility index (Phi) is 3.89. The van der Waals surface area contributed by atoms with Crippen LogP contribution in [0.1, 0.15) is 36.0 Å². The number of hydrogen-bond donors (Lipinski definition) is 1. The van der Waals surface area contributed by atoms with Gasteiger partial charge in [-0.15, -0.1) is 0 Å². The van der Waals surface area contributed by atoms with Crippen LogP contribution in [0.25, 0.3) is 0 Å². The third-order valence-electron chi connectivity index (χ3n) is 5.61. The van der Waals surface area contributed by atoms with Crippen LogP contribution in [-0.2, 0) is 4.74 Å². The highest BCUT2D eigenvalue weighted by atomic mass is 16.6. The van der Waals surface area contributed by atoms with Crippen molar-refractivity contribution < 1.29 is 24.1 Å². The molecule has 6 heteroatoms. The number of aliphatic hydroxyl groups is 1. The number of hydrogen-bond acceptors (Lipinski definition) is 5. The van der Waals surface area contributed by atoms with Crippen LogP contribution < -0.4 is 9.47 Å². The van der Waals surface area contributed by atoms with E-state index in [2.05, 4.69) is 0 Å². The Morgan fingerprint density at radius 3 is 2.88 bits per heavy atom. The molecule has 2 fully saturated rings. The average Bonchev–Trinajstić information content (AvgIpc) is 3.00. The second kappa shape index (κ2) is 5.93. The maximum atomic E-state index is 13.0. The number of fused-ring (bicyclic) bond motifs is 2. The summed E-state index contributed by atoms with van der Waals surface area (Å²) in [6.45, 7) is 1.68. The topological polar surface area (TPSA) is 68.2 Å². The van der Waals surface area contributed by atoms with Gasteiger partial charge in [0.1, 0.15) is 13.2 Å². The number of carbonyl (C=O) groups excluding carboxylic acids is 1. The van der Waals surface area contributed by atoms with E-state index in [1.807, 2.05) is 4.90 Å². The number of ether oxygens (including phenoxy) is 3. The second-order valence-electron chi connectivity index (χ2n) is 6.82. The molecule has 6 nitrogen and oxygen atoms in total. The molecule has 2 heterocycles. The molecule has 1 saturated heterocycles. The van der Waals surface area contributed by atoms with E-state index in [1.165, 1.54) is 0 Å². The van der Waals surface area contributed by atoms with Crippen LogP contribution in [-0.4, -0.2) is 60.5 Å². The van der Waals surface area contributed by atoms with Crippen LogP contribution in [0.15, 0.2) is 18.2 Å². The first-order chi connectivity index (χ1) is 11.6. The Labute approximate surface area is 141 Å². The predicted octanol–water partition coefficient (Wildman–Crippen LogP) is 1.60. The first-order valence-corrected chi connectivity index (χ1v) is 8.57. The van der Waals surface area contributed by atoms with Crippen LogP contribution in [0.2, 0.25) is 0 Å². The zero-order valence-electron chi connectivity index (χ0n) is 13.9. The van der Waals surface area contributed by atoms with Gasteiger partial charge in [0.25, 0.3) is 5.91 Å². The van der Waals surface area contributed by atoms with E-state index < -0.39 is 0 Å². The van der Waals surface area contributed by atoms with Gasteiger partial charge in [0, 0.05) is 19.2 Å². The summed E-state index contributed by atoms with van der Waals surface area (Å²) in [6, 6.07) is 5.24. The fourth-order valence-electron chi connectivity index (χ4n) is 4.26. The molecule has 24 heavy (non-hydrogen) atoms. The lowest BCUT2D eigenvalue weighted by molar-refractivity contribution is -0.0824. The van der Waals surface area contributed by atoms with Gasteiger partial charge in [-0.3, -0.25) is 4.79 Å². The van der Waals surface area contributed by atoms with E-state index in [-0.39, 0.29) is 23.7 Å². The summed E-state index contributed by atoms with van der Waals surface area (Å²) < 4.78 is 16.9. The van der Waals surface area contributed by atoms with Crippen LogP contribution >= 0.6 is 0 Å². The van der Waals surface area contributed by atoms with Gasteiger partial charge in [-0.2, -0.15) is 0 Å². The monoisotopic (exact) mass is 333 g/mol. The molecule has 2 aliphatic heterocycles. The van der Waals surface area contributed by atoms with Crippen molar-refractivity contribution in [1.82, 2.24) is 4.90 Å². The van der Waals surface area contributed by atoms with Crippen molar-refractivity contribution in [2.75, 3.05) is 26.9 Å². The molecule has 1 saturated carbocycles. The first-order valence-electron chi connectivity index (χ1n) is 8.57. The second-order valence-corrected chi connectivity index (χ2v) is 6.82. The largest absolute Gasteiger partial charge is 0.486 e. The molecular weight excluding hydrogens is 310 g/mol. The molecule has 1 amide bonds. The first kappa shape index (κ1) is 15.7. The summed E-state index contributed by atoms with van der Waals surface area (Å²) in [5.74, 6) is 1.26. The molecule has 1 N–H and O–H groups in total. The maximum Gasteiger partial charge on any atom is 0.254 e. The Morgan fingerprint density at radius 1 is 1.29 bits per heavy atom. The Hall–Kier alpha value is -1.79. The lowest BCUT2D eigenvalue weighted by Crippen LogP contribution is -2.52. The summed E-state index contributed by atoms with van der Waals surface area (Å²) in [5.41, 5.74) is 0.272. The van der Waals surface area contributed by atoms with Gasteiger partial charge >= 0.3 is 0 Å². The van der Waals surface area contributed by atoms with Crippen LogP contribution in [0, 0.1) is 0 Å². The molecule has 0 bridgehead atoms. The molecule has 0 spiro atoms. The molecule has 0 aromatic heterocycles. The number of nitrogens with zero attached hydrogens (tertiary/aromatic N) is 1. The molecule has 0 radical (unpaired) electrons. The number of likely N-dealkylation sites (tertiary alicyclic amines) is 1. The number of carbonyl (C=O) groups is 1. The maximum absolute atomic E-state index is 13.0.